The number of nitrogens with zero attached hydrogens (tertiary/aromatic N) is 3. The van der Waals surface area contributed by atoms with E-state index in [2.05, 4.69) is 31.7 Å². The number of hydrogen-bond donors (Lipinski definition) is 1. The van der Waals surface area contributed by atoms with E-state index in [4.69, 9.17) is 21.1 Å². The van der Waals surface area contributed by atoms with Gasteiger partial charge in [0.05, 0.1) is 34.8 Å². The van der Waals surface area contributed by atoms with Crippen LogP contribution in [0.15, 0.2) is 41.8 Å². The Bertz CT molecular complexity index is 1240. The fourth-order valence-electron chi connectivity index (χ4n) is 3.34. The van der Waals surface area contributed by atoms with Crippen LogP contribution in [0.25, 0.3) is 22.2 Å². The van der Waals surface area contributed by atoms with Crippen molar-refractivity contribution in [2.45, 2.75) is 39.7 Å². The van der Waals surface area contributed by atoms with Gasteiger partial charge in [-0.25, -0.2) is 15.0 Å². The molecule has 4 aromatic rings. The van der Waals surface area contributed by atoms with Crippen molar-refractivity contribution >= 4 is 45.3 Å². The predicted molar refractivity (Wildman–Crippen MR) is 132 cm³/mol. The zero-order valence-corrected chi connectivity index (χ0v) is 20.0. The maximum absolute atomic E-state index is 6.10. The maximum atomic E-state index is 6.10. The summed E-state index contributed by atoms with van der Waals surface area (Å²) in [6, 6.07) is 11.9. The van der Waals surface area contributed by atoms with Crippen molar-refractivity contribution in [2.75, 3.05) is 11.9 Å². The normalized spacial score (nSPS) is 11.2. The smallest absolute Gasteiger partial charge is 0.163 e. The molecule has 0 unspecified atom stereocenters. The Morgan fingerprint density at radius 3 is 2.62 bits per heavy atom. The van der Waals surface area contributed by atoms with Gasteiger partial charge in [-0.05, 0) is 45.9 Å². The molecule has 0 spiro atoms. The number of alkyl halides is 1. The first-order chi connectivity index (χ1) is 15.5. The molecule has 0 saturated heterocycles. The summed E-state index contributed by atoms with van der Waals surface area (Å²) in [5.74, 6) is 2.71. The highest BCUT2D eigenvalue weighted by molar-refractivity contribution is 7.09. The molecule has 2 aromatic carbocycles. The van der Waals surface area contributed by atoms with E-state index in [0.29, 0.717) is 29.7 Å². The van der Waals surface area contributed by atoms with Crippen LogP contribution in [-0.2, 0) is 5.88 Å². The van der Waals surface area contributed by atoms with E-state index < -0.39 is 0 Å². The summed E-state index contributed by atoms with van der Waals surface area (Å²) in [6.45, 7) is 8.44. The Balaban J connectivity index is 1.78. The van der Waals surface area contributed by atoms with Gasteiger partial charge in [-0.15, -0.1) is 22.9 Å². The lowest BCUT2D eigenvalue weighted by Crippen LogP contribution is -2.08. The van der Waals surface area contributed by atoms with Gasteiger partial charge in [0.2, 0.25) is 0 Å². The molecule has 0 saturated carbocycles. The topological polar surface area (TPSA) is 69.2 Å². The Kier molecular flexibility index (Phi) is 6.77. The Hall–Kier alpha value is -2.90. The third kappa shape index (κ3) is 4.95. The number of halogens is 1. The zero-order chi connectivity index (χ0) is 22.7. The minimum atomic E-state index is 0.00989. The number of rotatable bonds is 8. The summed E-state index contributed by atoms with van der Waals surface area (Å²) in [6.07, 6.45) is 0.00989. The summed E-state index contributed by atoms with van der Waals surface area (Å²) in [5.41, 5.74) is 3.63. The fourth-order valence-corrected chi connectivity index (χ4v) is 4.08. The lowest BCUT2D eigenvalue weighted by atomic mass is 10.1. The van der Waals surface area contributed by atoms with E-state index in [1.54, 1.807) is 11.3 Å². The first kappa shape index (κ1) is 22.3. The maximum Gasteiger partial charge on any atom is 0.163 e. The van der Waals surface area contributed by atoms with Crippen LogP contribution in [0.4, 0.5) is 11.5 Å². The second kappa shape index (κ2) is 9.71. The monoisotopic (exact) mass is 468 g/mol. The minimum absolute atomic E-state index is 0.00989. The van der Waals surface area contributed by atoms with Gasteiger partial charge in [-0.3, -0.25) is 0 Å². The van der Waals surface area contributed by atoms with E-state index in [0.717, 1.165) is 32.9 Å². The van der Waals surface area contributed by atoms with E-state index in [1.165, 1.54) is 0 Å². The number of aromatic nitrogens is 3. The number of aryl methyl sites for hydroxylation is 1. The van der Waals surface area contributed by atoms with Crippen molar-refractivity contribution in [1.82, 2.24) is 15.0 Å². The molecule has 2 aromatic heterocycles. The summed E-state index contributed by atoms with van der Waals surface area (Å²) in [5, 5.41) is 7.36. The van der Waals surface area contributed by atoms with Gasteiger partial charge in [0.25, 0.3) is 0 Å². The largest absolute Gasteiger partial charge is 0.490 e. The molecular formula is C24H25ClN4O2S. The summed E-state index contributed by atoms with van der Waals surface area (Å²) >= 11 is 7.73. The van der Waals surface area contributed by atoms with Crippen molar-refractivity contribution in [1.29, 1.82) is 0 Å². The standard InChI is InChI=1S/C24H25ClN4O2S/c1-5-30-21-10-18-19(11-22(21)31-14(2)3)28-23(12-25)29-24(18)27-17-8-6-7-16(9-17)20-13-32-15(4)26-20/h6-11,13-14H,5,12H2,1-4H3,(H,27,28,29). The van der Waals surface area contributed by atoms with Crippen LogP contribution < -0.4 is 14.8 Å². The highest BCUT2D eigenvalue weighted by Crippen LogP contribution is 2.36. The molecule has 4 rings (SSSR count). The highest BCUT2D eigenvalue weighted by Gasteiger charge is 2.15. The third-order valence-electron chi connectivity index (χ3n) is 4.63. The third-order valence-corrected chi connectivity index (χ3v) is 5.64. The molecule has 0 fully saturated rings. The van der Waals surface area contributed by atoms with Crippen molar-refractivity contribution in [2.24, 2.45) is 0 Å². The van der Waals surface area contributed by atoms with Crippen molar-refractivity contribution in [3.05, 3.63) is 52.6 Å². The van der Waals surface area contributed by atoms with Gasteiger partial charge in [-0.2, -0.15) is 0 Å². The minimum Gasteiger partial charge on any atom is -0.490 e. The molecule has 0 aliphatic carbocycles. The van der Waals surface area contributed by atoms with Crippen LogP contribution >= 0.6 is 22.9 Å². The summed E-state index contributed by atoms with van der Waals surface area (Å²) < 4.78 is 11.8. The number of thiazole rings is 1. The van der Waals surface area contributed by atoms with E-state index in [9.17, 15) is 0 Å². The Morgan fingerprint density at radius 1 is 1.09 bits per heavy atom. The van der Waals surface area contributed by atoms with Crippen LogP contribution in [0.5, 0.6) is 11.5 Å². The molecule has 32 heavy (non-hydrogen) atoms. The van der Waals surface area contributed by atoms with Crippen LogP contribution in [0.3, 0.4) is 0 Å². The number of anilines is 2. The van der Waals surface area contributed by atoms with Gasteiger partial charge >= 0.3 is 0 Å². The molecule has 0 radical (unpaired) electrons. The predicted octanol–water partition coefficient (Wildman–Crippen LogP) is 6.73. The lowest BCUT2D eigenvalue weighted by Gasteiger charge is -2.17. The number of nitrogens with one attached hydrogen (secondary N) is 1. The van der Waals surface area contributed by atoms with Crippen molar-refractivity contribution in [3.8, 4) is 22.8 Å². The average molecular weight is 469 g/mol. The second-order valence-electron chi connectivity index (χ2n) is 7.50. The average Bonchev–Trinajstić information content (AvgIpc) is 3.20. The number of benzene rings is 2. The molecule has 0 bridgehead atoms. The van der Waals surface area contributed by atoms with Crippen molar-refractivity contribution < 1.29 is 9.47 Å². The van der Waals surface area contributed by atoms with Gasteiger partial charge < -0.3 is 14.8 Å². The number of fused-ring (bicyclic) bond motifs is 1. The van der Waals surface area contributed by atoms with Gasteiger partial charge in [-0.1, -0.05) is 12.1 Å². The molecular weight excluding hydrogens is 444 g/mol. The van der Waals surface area contributed by atoms with Crippen LogP contribution in [0, 0.1) is 6.92 Å². The van der Waals surface area contributed by atoms with E-state index in [-0.39, 0.29) is 12.0 Å². The van der Waals surface area contributed by atoms with E-state index >= 15 is 0 Å². The lowest BCUT2D eigenvalue weighted by molar-refractivity contribution is 0.224. The molecule has 0 amide bonds. The quantitative estimate of drug-likeness (QED) is 0.289. The molecule has 0 atom stereocenters. The molecule has 1 N–H and O–H groups in total. The van der Waals surface area contributed by atoms with Crippen LogP contribution in [0.2, 0.25) is 0 Å². The second-order valence-corrected chi connectivity index (χ2v) is 8.82. The molecule has 0 aliphatic heterocycles. The molecule has 166 valence electrons. The molecule has 6 nitrogen and oxygen atoms in total. The van der Waals surface area contributed by atoms with Gasteiger partial charge in [0.15, 0.2) is 11.5 Å². The summed E-state index contributed by atoms with van der Waals surface area (Å²) in [7, 11) is 0. The number of hydrogen-bond acceptors (Lipinski definition) is 7. The summed E-state index contributed by atoms with van der Waals surface area (Å²) in [4.78, 5) is 13.8. The van der Waals surface area contributed by atoms with E-state index in [1.807, 2.05) is 58.0 Å². The number of ether oxygens (including phenoxy) is 2. The highest BCUT2D eigenvalue weighted by atomic mass is 35.5. The Morgan fingerprint density at radius 2 is 1.94 bits per heavy atom. The first-order valence-electron chi connectivity index (χ1n) is 10.5. The van der Waals surface area contributed by atoms with Crippen LogP contribution in [-0.4, -0.2) is 27.7 Å². The van der Waals surface area contributed by atoms with Crippen LogP contribution in [0.1, 0.15) is 31.6 Å². The van der Waals surface area contributed by atoms with Gasteiger partial charge in [0, 0.05) is 28.1 Å². The fraction of sp³-hybridized carbons (Fsp3) is 0.292. The Labute approximate surface area is 196 Å². The molecule has 8 heteroatoms. The SMILES string of the molecule is CCOc1cc2c(Nc3cccc(-c4csc(C)n4)c3)nc(CCl)nc2cc1OC(C)C. The zero-order valence-electron chi connectivity index (χ0n) is 18.5. The molecule has 2 heterocycles. The molecule has 0 aliphatic rings. The van der Waals surface area contributed by atoms with Gasteiger partial charge in [0.1, 0.15) is 11.6 Å². The van der Waals surface area contributed by atoms with Crippen molar-refractivity contribution in [3.63, 3.8) is 0 Å². The first-order valence-corrected chi connectivity index (χ1v) is 11.9.